The number of alkyl halides is 3. The van der Waals surface area contributed by atoms with Crippen LogP contribution in [0.2, 0.25) is 0 Å². The zero-order valence-corrected chi connectivity index (χ0v) is 17.3. The summed E-state index contributed by atoms with van der Waals surface area (Å²) in [6, 6.07) is 11.9. The largest absolute Gasteiger partial charge is 0.416 e. The van der Waals surface area contributed by atoms with Gasteiger partial charge in [0.1, 0.15) is 0 Å². The number of rotatable bonds is 8. The molecule has 0 fully saturated rings. The maximum absolute atomic E-state index is 12.8. The molecule has 0 aliphatic carbocycles. The molecule has 0 saturated carbocycles. The summed E-state index contributed by atoms with van der Waals surface area (Å²) in [5.41, 5.74) is 7.06. The normalized spacial score (nSPS) is 12.4. The highest BCUT2D eigenvalue weighted by atomic mass is 35.5. The van der Waals surface area contributed by atoms with Crippen LogP contribution < -0.4 is 11.1 Å². The molecule has 0 saturated heterocycles. The van der Waals surface area contributed by atoms with E-state index in [-0.39, 0.29) is 24.4 Å². The van der Waals surface area contributed by atoms with Gasteiger partial charge in [-0.2, -0.15) is 13.2 Å². The molecule has 2 rings (SSSR count). The molecular formula is C21H27ClF3N3O. The summed E-state index contributed by atoms with van der Waals surface area (Å²) < 4.78 is 38.5. The molecule has 2 aromatic rings. The Morgan fingerprint density at radius 1 is 1.03 bits per heavy atom. The van der Waals surface area contributed by atoms with Crippen molar-refractivity contribution in [1.82, 2.24) is 10.2 Å². The molecule has 0 spiro atoms. The molecule has 2 aromatic carbocycles. The highest BCUT2D eigenvalue weighted by Gasteiger charge is 2.30. The third kappa shape index (κ3) is 6.73. The summed E-state index contributed by atoms with van der Waals surface area (Å²) in [7, 11) is 0. The number of likely N-dealkylation sites (N-methyl/N-ethyl adjacent to an activating group) is 1. The lowest BCUT2D eigenvalue weighted by Crippen LogP contribution is -2.38. The molecular weight excluding hydrogens is 403 g/mol. The minimum atomic E-state index is -4.37. The summed E-state index contributed by atoms with van der Waals surface area (Å²) >= 11 is 0. The molecule has 1 atom stereocenters. The molecule has 4 nitrogen and oxygen atoms in total. The topological polar surface area (TPSA) is 58.4 Å². The Balaban J connectivity index is 0.00000420. The zero-order valence-electron chi connectivity index (χ0n) is 16.5. The van der Waals surface area contributed by atoms with Crippen molar-refractivity contribution >= 4 is 18.3 Å². The first-order chi connectivity index (χ1) is 13.3. The van der Waals surface area contributed by atoms with Crippen LogP contribution in [-0.4, -0.2) is 30.4 Å². The summed E-state index contributed by atoms with van der Waals surface area (Å²) in [4.78, 5) is 14.6. The van der Waals surface area contributed by atoms with E-state index < -0.39 is 11.7 Å². The fourth-order valence-corrected chi connectivity index (χ4v) is 3.10. The van der Waals surface area contributed by atoms with Crippen LogP contribution in [0.15, 0.2) is 48.5 Å². The van der Waals surface area contributed by atoms with Gasteiger partial charge in [-0.25, -0.2) is 0 Å². The van der Waals surface area contributed by atoms with Crippen LogP contribution in [0.5, 0.6) is 0 Å². The van der Waals surface area contributed by atoms with Crippen LogP contribution in [-0.2, 0) is 12.7 Å². The van der Waals surface area contributed by atoms with Gasteiger partial charge in [-0.05, 0) is 48.5 Å². The van der Waals surface area contributed by atoms with Crippen LogP contribution in [0.3, 0.4) is 0 Å². The first-order valence-electron chi connectivity index (χ1n) is 9.28. The van der Waals surface area contributed by atoms with Crippen LogP contribution in [0.1, 0.15) is 46.9 Å². The molecule has 8 heteroatoms. The Bertz CT molecular complexity index is 760. The number of benzene rings is 2. The number of nitrogens with zero attached hydrogens (tertiary/aromatic N) is 1. The molecule has 160 valence electrons. The van der Waals surface area contributed by atoms with Gasteiger partial charge < -0.3 is 11.1 Å². The fraction of sp³-hybridized carbons (Fsp3) is 0.381. The lowest BCUT2D eigenvalue weighted by molar-refractivity contribution is -0.137. The van der Waals surface area contributed by atoms with E-state index in [0.717, 1.165) is 23.3 Å². The number of hydrogen-bond donors (Lipinski definition) is 2. The number of nitrogens with two attached hydrogens (primary N) is 1. The highest BCUT2D eigenvalue weighted by molar-refractivity contribution is 5.94. The van der Waals surface area contributed by atoms with Gasteiger partial charge in [0.05, 0.1) is 11.6 Å². The SMILES string of the molecule is CCN(CC)C(CNC(=O)c1ccc(CN)cc1)c1ccc(C(F)(F)F)cc1.Cl. The quantitative estimate of drug-likeness (QED) is 0.654. The summed E-state index contributed by atoms with van der Waals surface area (Å²) in [5, 5.41) is 2.89. The van der Waals surface area contributed by atoms with Crippen LogP contribution >= 0.6 is 12.4 Å². The monoisotopic (exact) mass is 429 g/mol. The molecule has 0 heterocycles. The van der Waals surface area contributed by atoms with E-state index in [4.69, 9.17) is 5.73 Å². The van der Waals surface area contributed by atoms with Crippen molar-refractivity contribution in [3.63, 3.8) is 0 Å². The zero-order chi connectivity index (χ0) is 20.7. The van der Waals surface area contributed by atoms with Crippen molar-refractivity contribution in [3.05, 3.63) is 70.8 Å². The molecule has 29 heavy (non-hydrogen) atoms. The van der Waals surface area contributed by atoms with Crippen molar-refractivity contribution in [3.8, 4) is 0 Å². The molecule has 0 aromatic heterocycles. The Labute approximate surface area is 175 Å². The Morgan fingerprint density at radius 2 is 1.59 bits per heavy atom. The fourth-order valence-electron chi connectivity index (χ4n) is 3.10. The maximum Gasteiger partial charge on any atom is 0.416 e. The number of carbonyl (C=O) groups excluding carboxylic acids is 1. The van der Waals surface area contributed by atoms with E-state index in [1.165, 1.54) is 12.1 Å². The van der Waals surface area contributed by atoms with Gasteiger partial charge in [-0.15, -0.1) is 12.4 Å². The number of halogens is 4. The van der Waals surface area contributed by atoms with E-state index in [9.17, 15) is 18.0 Å². The van der Waals surface area contributed by atoms with Crippen molar-refractivity contribution < 1.29 is 18.0 Å². The first kappa shape index (κ1) is 24.9. The van der Waals surface area contributed by atoms with Crippen LogP contribution in [0.25, 0.3) is 0 Å². The summed E-state index contributed by atoms with van der Waals surface area (Å²) in [5.74, 6) is -0.229. The number of nitrogens with one attached hydrogen (secondary N) is 1. The molecule has 0 bridgehead atoms. The van der Waals surface area contributed by atoms with Crippen molar-refractivity contribution in [2.45, 2.75) is 32.6 Å². The van der Waals surface area contributed by atoms with Gasteiger partial charge in [-0.3, -0.25) is 9.69 Å². The molecule has 0 aliphatic rings. The minimum absolute atomic E-state index is 0. The van der Waals surface area contributed by atoms with Crippen LogP contribution in [0, 0.1) is 0 Å². The lowest BCUT2D eigenvalue weighted by atomic mass is 10.0. The van der Waals surface area contributed by atoms with E-state index in [0.29, 0.717) is 31.7 Å². The van der Waals surface area contributed by atoms with Crippen molar-refractivity contribution in [2.24, 2.45) is 5.73 Å². The van der Waals surface area contributed by atoms with Gasteiger partial charge in [0.2, 0.25) is 0 Å². The van der Waals surface area contributed by atoms with Gasteiger partial charge >= 0.3 is 6.18 Å². The molecule has 1 amide bonds. The average Bonchev–Trinajstić information content (AvgIpc) is 2.70. The van der Waals surface area contributed by atoms with Crippen molar-refractivity contribution in [1.29, 1.82) is 0 Å². The Hall–Kier alpha value is -2.09. The molecule has 1 unspecified atom stereocenters. The average molecular weight is 430 g/mol. The van der Waals surface area contributed by atoms with Gasteiger partial charge in [-0.1, -0.05) is 38.1 Å². The Kier molecular flexibility index (Phi) is 9.62. The smallest absolute Gasteiger partial charge is 0.350 e. The van der Waals surface area contributed by atoms with E-state index in [1.807, 2.05) is 13.8 Å². The number of carbonyl (C=O) groups is 1. The van der Waals surface area contributed by atoms with Gasteiger partial charge in [0.15, 0.2) is 0 Å². The second-order valence-corrected chi connectivity index (χ2v) is 6.47. The minimum Gasteiger partial charge on any atom is -0.350 e. The third-order valence-electron chi connectivity index (χ3n) is 4.78. The number of hydrogen-bond acceptors (Lipinski definition) is 3. The first-order valence-corrected chi connectivity index (χ1v) is 9.28. The molecule has 3 N–H and O–H groups in total. The second-order valence-electron chi connectivity index (χ2n) is 6.47. The standard InChI is InChI=1S/C21H26F3N3O.ClH/c1-3-27(4-2)19(16-9-11-18(12-10-16)21(22,23)24)14-26-20(28)17-7-5-15(13-25)6-8-17;/h5-12,19H,3-4,13-14,25H2,1-2H3,(H,26,28);1H. The summed E-state index contributed by atoms with van der Waals surface area (Å²) in [6.07, 6.45) is -4.37. The third-order valence-corrected chi connectivity index (χ3v) is 4.78. The van der Waals surface area contributed by atoms with E-state index in [1.54, 1.807) is 24.3 Å². The predicted octanol–water partition coefficient (Wildman–Crippen LogP) is 4.40. The summed E-state index contributed by atoms with van der Waals surface area (Å²) in [6.45, 7) is 6.08. The van der Waals surface area contributed by atoms with Crippen LogP contribution in [0.4, 0.5) is 13.2 Å². The molecule has 0 aliphatic heterocycles. The van der Waals surface area contributed by atoms with Crippen molar-refractivity contribution in [2.75, 3.05) is 19.6 Å². The van der Waals surface area contributed by atoms with Gasteiger partial charge in [0, 0.05) is 18.7 Å². The lowest BCUT2D eigenvalue weighted by Gasteiger charge is -2.30. The van der Waals surface area contributed by atoms with E-state index >= 15 is 0 Å². The van der Waals surface area contributed by atoms with E-state index in [2.05, 4.69) is 10.2 Å². The second kappa shape index (κ2) is 11.2. The predicted molar refractivity (Wildman–Crippen MR) is 111 cm³/mol. The number of amides is 1. The maximum atomic E-state index is 12.8. The Morgan fingerprint density at radius 3 is 2.03 bits per heavy atom. The highest BCUT2D eigenvalue weighted by Crippen LogP contribution is 2.30. The molecule has 0 radical (unpaired) electrons. The van der Waals surface area contributed by atoms with Gasteiger partial charge in [0.25, 0.3) is 5.91 Å².